The van der Waals surface area contributed by atoms with Gasteiger partial charge in [0, 0.05) is 5.92 Å². The Morgan fingerprint density at radius 1 is 1.50 bits per heavy atom. The Labute approximate surface area is 78.4 Å². The normalized spacial score (nSPS) is 27.5. The van der Waals surface area contributed by atoms with E-state index >= 15 is 0 Å². The quantitative estimate of drug-likeness (QED) is 0.662. The summed E-state index contributed by atoms with van der Waals surface area (Å²) in [5.74, 6) is 2.97. The Morgan fingerprint density at radius 3 is 2.67 bits per heavy atom. The molecule has 0 spiro atoms. The molecule has 0 bridgehead atoms. The number of hydrogen-bond donors (Lipinski definition) is 2. The molecule has 1 rings (SSSR count). The van der Waals surface area contributed by atoms with Crippen molar-refractivity contribution in [2.45, 2.75) is 32.5 Å². The zero-order chi connectivity index (χ0) is 8.97. The molecule has 2 unspecified atom stereocenters. The molecule has 1 aliphatic heterocycles. The molecule has 2 atom stereocenters. The van der Waals surface area contributed by atoms with Gasteiger partial charge in [0.2, 0.25) is 0 Å². The predicted molar refractivity (Wildman–Crippen MR) is 52.1 cm³/mol. The highest BCUT2D eigenvalue weighted by atomic mass is 32.2. The van der Waals surface area contributed by atoms with Gasteiger partial charge in [0.25, 0.3) is 0 Å². The van der Waals surface area contributed by atoms with Crippen LogP contribution in [0.2, 0.25) is 0 Å². The summed E-state index contributed by atoms with van der Waals surface area (Å²) in [4.78, 5) is 0. The zero-order valence-electron chi connectivity index (χ0n) is 7.57. The van der Waals surface area contributed by atoms with Crippen LogP contribution in [0.15, 0.2) is 0 Å². The monoisotopic (exact) mass is 190 g/mol. The molecule has 0 amide bonds. The summed E-state index contributed by atoms with van der Waals surface area (Å²) in [6.45, 7) is 2.03. The number of aliphatic hydroxyl groups is 2. The van der Waals surface area contributed by atoms with Crippen LogP contribution in [-0.2, 0) is 0 Å². The second-order valence-electron chi connectivity index (χ2n) is 3.46. The van der Waals surface area contributed by atoms with Gasteiger partial charge in [-0.25, -0.2) is 0 Å². The first-order valence-corrected chi connectivity index (χ1v) is 5.85. The van der Waals surface area contributed by atoms with Gasteiger partial charge in [-0.15, -0.1) is 0 Å². The van der Waals surface area contributed by atoms with Crippen molar-refractivity contribution in [1.29, 1.82) is 0 Å². The van der Waals surface area contributed by atoms with E-state index in [-0.39, 0.29) is 5.92 Å². The van der Waals surface area contributed by atoms with Crippen LogP contribution in [0.1, 0.15) is 26.2 Å². The highest BCUT2D eigenvalue weighted by Gasteiger charge is 2.26. The van der Waals surface area contributed by atoms with Crippen LogP contribution in [-0.4, -0.2) is 28.0 Å². The molecule has 72 valence electrons. The first-order chi connectivity index (χ1) is 5.75. The molecule has 0 aliphatic carbocycles. The summed E-state index contributed by atoms with van der Waals surface area (Å²) in [6.07, 6.45) is 2.17. The van der Waals surface area contributed by atoms with E-state index in [1.165, 1.54) is 18.6 Å². The molecule has 0 saturated carbocycles. The molecule has 3 heteroatoms. The lowest BCUT2D eigenvalue weighted by molar-refractivity contribution is -0.0998. The van der Waals surface area contributed by atoms with Crippen LogP contribution >= 0.6 is 11.8 Å². The lowest BCUT2D eigenvalue weighted by Gasteiger charge is -2.30. The van der Waals surface area contributed by atoms with Crippen LogP contribution in [0.3, 0.4) is 0 Å². The van der Waals surface area contributed by atoms with Gasteiger partial charge in [0.1, 0.15) is 0 Å². The fourth-order valence-corrected chi connectivity index (χ4v) is 3.14. The predicted octanol–water partition coefficient (Wildman–Crippen LogP) is 1.47. The molecular weight excluding hydrogens is 172 g/mol. The standard InChI is InChI=1S/C9H18O2S/c1-2-8(9(10)11)7-4-3-5-12-6-7/h7-11H,2-6H2,1H3. The van der Waals surface area contributed by atoms with Crippen molar-refractivity contribution in [3.8, 4) is 0 Å². The van der Waals surface area contributed by atoms with Gasteiger partial charge in [-0.2, -0.15) is 11.8 Å². The van der Waals surface area contributed by atoms with E-state index in [0.29, 0.717) is 5.92 Å². The van der Waals surface area contributed by atoms with Crippen LogP contribution in [0.4, 0.5) is 0 Å². The Bertz CT molecular complexity index is 122. The SMILES string of the molecule is CCC(C(O)O)C1CCCSC1. The molecular formula is C9H18O2S. The number of thioether (sulfide) groups is 1. The smallest absolute Gasteiger partial charge is 0.154 e. The molecule has 1 fully saturated rings. The fraction of sp³-hybridized carbons (Fsp3) is 1.00. The Hall–Kier alpha value is 0.270. The highest BCUT2D eigenvalue weighted by Crippen LogP contribution is 2.31. The van der Waals surface area contributed by atoms with Crippen molar-refractivity contribution >= 4 is 11.8 Å². The zero-order valence-corrected chi connectivity index (χ0v) is 8.39. The third-order valence-corrected chi connectivity index (χ3v) is 3.90. The maximum atomic E-state index is 9.11. The number of rotatable bonds is 3. The molecule has 1 saturated heterocycles. The summed E-state index contributed by atoms with van der Waals surface area (Å²) >= 11 is 1.94. The van der Waals surface area contributed by atoms with Crippen LogP contribution < -0.4 is 0 Å². The minimum atomic E-state index is -1.11. The van der Waals surface area contributed by atoms with Gasteiger partial charge in [-0.3, -0.25) is 0 Å². The maximum Gasteiger partial charge on any atom is 0.154 e. The van der Waals surface area contributed by atoms with Gasteiger partial charge in [-0.1, -0.05) is 6.92 Å². The Balaban J connectivity index is 2.40. The average molecular weight is 190 g/mol. The van der Waals surface area contributed by atoms with Crippen molar-refractivity contribution in [3.05, 3.63) is 0 Å². The van der Waals surface area contributed by atoms with E-state index in [1.54, 1.807) is 0 Å². The van der Waals surface area contributed by atoms with Crippen molar-refractivity contribution in [1.82, 2.24) is 0 Å². The first-order valence-electron chi connectivity index (χ1n) is 4.69. The van der Waals surface area contributed by atoms with Gasteiger partial charge in [0.05, 0.1) is 0 Å². The third-order valence-electron chi connectivity index (χ3n) is 2.66. The van der Waals surface area contributed by atoms with Crippen LogP contribution in [0.25, 0.3) is 0 Å². The molecule has 2 N–H and O–H groups in total. The van der Waals surface area contributed by atoms with E-state index in [4.69, 9.17) is 10.2 Å². The first kappa shape index (κ1) is 10.4. The largest absolute Gasteiger partial charge is 0.368 e. The lowest BCUT2D eigenvalue weighted by Crippen LogP contribution is -2.30. The summed E-state index contributed by atoms with van der Waals surface area (Å²) in [5, 5.41) is 18.2. The van der Waals surface area contributed by atoms with Crippen molar-refractivity contribution in [2.75, 3.05) is 11.5 Å². The molecule has 0 radical (unpaired) electrons. The van der Waals surface area contributed by atoms with E-state index in [0.717, 1.165) is 12.2 Å². The fourth-order valence-electron chi connectivity index (χ4n) is 1.89. The number of aliphatic hydroxyl groups excluding tert-OH is 1. The summed E-state index contributed by atoms with van der Waals surface area (Å²) in [7, 11) is 0. The minimum Gasteiger partial charge on any atom is -0.368 e. The van der Waals surface area contributed by atoms with E-state index in [1.807, 2.05) is 18.7 Å². The lowest BCUT2D eigenvalue weighted by atomic mass is 9.87. The van der Waals surface area contributed by atoms with Gasteiger partial charge in [0.15, 0.2) is 6.29 Å². The summed E-state index contributed by atoms with van der Waals surface area (Å²) in [5.41, 5.74) is 0. The molecule has 0 aromatic heterocycles. The molecule has 12 heavy (non-hydrogen) atoms. The second-order valence-corrected chi connectivity index (χ2v) is 4.61. The topological polar surface area (TPSA) is 40.5 Å². The van der Waals surface area contributed by atoms with E-state index < -0.39 is 6.29 Å². The molecule has 0 aromatic rings. The minimum absolute atomic E-state index is 0.0952. The van der Waals surface area contributed by atoms with Crippen molar-refractivity contribution in [2.24, 2.45) is 11.8 Å². The van der Waals surface area contributed by atoms with Crippen LogP contribution in [0, 0.1) is 11.8 Å². The average Bonchev–Trinajstić information content (AvgIpc) is 2.07. The third kappa shape index (κ3) is 2.64. The Kier molecular flexibility index (Phi) is 4.40. The number of hydrogen-bond acceptors (Lipinski definition) is 3. The Morgan fingerprint density at radius 2 is 2.25 bits per heavy atom. The molecule has 1 heterocycles. The van der Waals surface area contributed by atoms with Crippen molar-refractivity contribution in [3.63, 3.8) is 0 Å². The van der Waals surface area contributed by atoms with Gasteiger partial charge in [-0.05, 0) is 36.7 Å². The molecule has 0 aromatic carbocycles. The van der Waals surface area contributed by atoms with Crippen molar-refractivity contribution < 1.29 is 10.2 Å². The summed E-state index contributed by atoms with van der Waals surface area (Å²) < 4.78 is 0. The maximum absolute atomic E-state index is 9.11. The highest BCUT2D eigenvalue weighted by molar-refractivity contribution is 7.99. The van der Waals surface area contributed by atoms with E-state index in [9.17, 15) is 0 Å². The van der Waals surface area contributed by atoms with E-state index in [2.05, 4.69) is 0 Å². The molecule has 1 aliphatic rings. The molecule has 2 nitrogen and oxygen atoms in total. The summed E-state index contributed by atoms with van der Waals surface area (Å²) in [6, 6.07) is 0. The van der Waals surface area contributed by atoms with Gasteiger partial charge >= 0.3 is 0 Å². The van der Waals surface area contributed by atoms with Crippen LogP contribution in [0.5, 0.6) is 0 Å². The second kappa shape index (κ2) is 5.10. The van der Waals surface area contributed by atoms with Gasteiger partial charge < -0.3 is 10.2 Å².